The summed E-state index contributed by atoms with van der Waals surface area (Å²) in [6.45, 7) is 11.1. The summed E-state index contributed by atoms with van der Waals surface area (Å²) in [5.74, 6) is -2.80. The van der Waals surface area contributed by atoms with Gasteiger partial charge in [-0.05, 0) is 38.5 Å². The first-order valence-corrected chi connectivity index (χ1v) is 9.61. The van der Waals surface area contributed by atoms with Gasteiger partial charge >= 0.3 is 26.2 Å². The van der Waals surface area contributed by atoms with Crippen molar-refractivity contribution in [3.05, 3.63) is 6.92 Å². The Labute approximate surface area is 185 Å². The molecule has 0 fully saturated rings. The van der Waals surface area contributed by atoms with E-state index < -0.39 is 17.9 Å². The van der Waals surface area contributed by atoms with Gasteiger partial charge in [0.05, 0.1) is 0 Å². The van der Waals surface area contributed by atoms with E-state index in [-0.39, 0.29) is 45.5 Å². The predicted molar refractivity (Wildman–Crippen MR) is 98.5 cm³/mol. The van der Waals surface area contributed by atoms with E-state index in [9.17, 15) is 29.7 Å². The SMILES string of the molecule is CCCCCC(=O)[O-].CCCCCC(=O)[O-].CCCCCC(=O)[O-].[CH2-]C.[Zr+4]. The Hall–Kier alpha value is -0.707. The molecule has 0 aliphatic carbocycles. The predicted octanol–water partition coefficient (Wildman–Crippen LogP) is 1.79. The zero-order chi connectivity index (χ0) is 21.2. The molecule has 0 aliphatic heterocycles. The number of hydrogen-bond acceptors (Lipinski definition) is 6. The van der Waals surface area contributed by atoms with E-state index in [0.29, 0.717) is 0 Å². The molecular weight excluding hydrogens is 427 g/mol. The van der Waals surface area contributed by atoms with Crippen molar-refractivity contribution in [1.29, 1.82) is 0 Å². The molecule has 0 saturated heterocycles. The fourth-order valence-corrected chi connectivity index (χ4v) is 1.56. The summed E-state index contributed by atoms with van der Waals surface area (Å²) < 4.78 is 0. The van der Waals surface area contributed by atoms with Crippen molar-refractivity contribution in [3.63, 3.8) is 0 Å². The molecule has 6 nitrogen and oxygen atoms in total. The fourth-order valence-electron chi connectivity index (χ4n) is 1.56. The van der Waals surface area contributed by atoms with Gasteiger partial charge in [-0.2, -0.15) is 6.92 Å². The zero-order valence-electron chi connectivity index (χ0n) is 17.6. The summed E-state index contributed by atoms with van der Waals surface area (Å²) in [6, 6.07) is 0. The number of rotatable bonds is 12. The second kappa shape index (κ2) is 36.2. The van der Waals surface area contributed by atoms with Crippen LogP contribution in [0.15, 0.2) is 0 Å². The van der Waals surface area contributed by atoms with E-state index in [2.05, 4.69) is 6.92 Å². The summed E-state index contributed by atoms with van der Waals surface area (Å²) in [6.07, 6.45) is 9.11. The summed E-state index contributed by atoms with van der Waals surface area (Å²) in [5, 5.41) is 29.3. The Morgan fingerprint density at radius 1 is 0.556 bits per heavy atom. The third-order valence-corrected chi connectivity index (χ3v) is 2.95. The normalized spacial score (nSPS) is 8.33. The van der Waals surface area contributed by atoms with Crippen molar-refractivity contribution in [3.8, 4) is 0 Å². The smallest absolute Gasteiger partial charge is 0.550 e. The molecular formula is C20H38O6Zr. The molecule has 0 aromatic heterocycles. The summed E-state index contributed by atoms with van der Waals surface area (Å²) in [4.78, 5) is 29.3. The second-order valence-electron chi connectivity index (χ2n) is 5.49. The first kappa shape index (κ1) is 37.1. The van der Waals surface area contributed by atoms with E-state index >= 15 is 0 Å². The molecule has 0 rings (SSSR count). The van der Waals surface area contributed by atoms with Crippen LogP contribution in [0.3, 0.4) is 0 Å². The Morgan fingerprint density at radius 2 is 0.741 bits per heavy atom. The van der Waals surface area contributed by atoms with Gasteiger partial charge in [-0.15, -0.1) is 0 Å². The van der Waals surface area contributed by atoms with Gasteiger partial charge in [-0.25, -0.2) is 0 Å². The Morgan fingerprint density at radius 3 is 0.852 bits per heavy atom. The van der Waals surface area contributed by atoms with Crippen molar-refractivity contribution in [2.45, 2.75) is 105 Å². The van der Waals surface area contributed by atoms with Crippen molar-refractivity contribution in [1.82, 2.24) is 0 Å². The molecule has 0 saturated carbocycles. The van der Waals surface area contributed by atoms with Crippen LogP contribution >= 0.6 is 0 Å². The van der Waals surface area contributed by atoms with Crippen LogP contribution in [-0.4, -0.2) is 17.9 Å². The molecule has 0 spiro atoms. The minimum absolute atomic E-state index is 0. The first-order chi connectivity index (χ1) is 12.3. The molecule has 0 heterocycles. The molecule has 27 heavy (non-hydrogen) atoms. The Bertz CT molecular complexity index is 261. The third kappa shape index (κ3) is 67.2. The molecule has 0 amide bonds. The minimum Gasteiger partial charge on any atom is -0.550 e. The van der Waals surface area contributed by atoms with Gasteiger partial charge in [0, 0.05) is 17.9 Å². The molecule has 0 aromatic rings. The van der Waals surface area contributed by atoms with Crippen LogP contribution in [-0.2, 0) is 40.6 Å². The second-order valence-corrected chi connectivity index (χ2v) is 5.49. The van der Waals surface area contributed by atoms with Crippen LogP contribution in [0.2, 0.25) is 0 Å². The molecule has 0 aromatic carbocycles. The number of hydrogen-bond donors (Lipinski definition) is 0. The Balaban J connectivity index is -0.0000000840. The standard InChI is InChI=1S/3C6H12O2.C2H5.Zr/c3*1-2-3-4-5-6(7)8;1-2;/h3*2-5H2,1H3,(H,7,8);1H2,2H3;/q;;;-1;+4/p-3. The van der Waals surface area contributed by atoms with Crippen molar-refractivity contribution >= 4 is 17.9 Å². The van der Waals surface area contributed by atoms with Gasteiger partial charge in [0.25, 0.3) is 0 Å². The van der Waals surface area contributed by atoms with Crippen LogP contribution in [0.5, 0.6) is 0 Å². The van der Waals surface area contributed by atoms with Gasteiger partial charge in [-0.1, -0.05) is 59.3 Å². The average Bonchev–Trinajstić information content (AvgIpc) is 2.58. The summed E-state index contributed by atoms with van der Waals surface area (Å²) >= 11 is 0. The quantitative estimate of drug-likeness (QED) is 0.320. The first-order valence-electron chi connectivity index (χ1n) is 9.61. The Kier molecular flexibility index (Phi) is 49.8. The van der Waals surface area contributed by atoms with E-state index in [1.165, 1.54) is 0 Å². The molecule has 0 atom stereocenters. The maximum atomic E-state index is 9.76. The van der Waals surface area contributed by atoms with Gasteiger partial charge in [-0.3, -0.25) is 0 Å². The molecule has 0 aliphatic rings. The van der Waals surface area contributed by atoms with Crippen molar-refractivity contribution in [2.75, 3.05) is 0 Å². The van der Waals surface area contributed by atoms with E-state index in [1.54, 1.807) is 6.92 Å². The average molecular weight is 466 g/mol. The third-order valence-electron chi connectivity index (χ3n) is 2.95. The number of carbonyl (C=O) groups is 3. The fraction of sp³-hybridized carbons (Fsp3) is 0.800. The summed E-state index contributed by atoms with van der Waals surface area (Å²) in [5.41, 5.74) is 0. The topological polar surface area (TPSA) is 120 Å². The number of carboxylic acids is 3. The van der Waals surface area contributed by atoms with Gasteiger partial charge in [0.15, 0.2) is 0 Å². The monoisotopic (exact) mass is 464 g/mol. The van der Waals surface area contributed by atoms with Gasteiger partial charge in [0.2, 0.25) is 0 Å². The van der Waals surface area contributed by atoms with Crippen molar-refractivity contribution < 1.29 is 55.9 Å². The van der Waals surface area contributed by atoms with Gasteiger partial charge in [0.1, 0.15) is 0 Å². The van der Waals surface area contributed by atoms with Crippen LogP contribution in [0.1, 0.15) is 105 Å². The van der Waals surface area contributed by atoms with E-state index in [0.717, 1.165) is 57.8 Å². The maximum Gasteiger partial charge on any atom is 4.00 e. The van der Waals surface area contributed by atoms with E-state index in [1.807, 2.05) is 20.8 Å². The van der Waals surface area contributed by atoms with Crippen LogP contribution in [0.25, 0.3) is 0 Å². The molecule has 0 bridgehead atoms. The minimum atomic E-state index is -0.932. The molecule has 0 N–H and O–H groups in total. The van der Waals surface area contributed by atoms with Crippen LogP contribution in [0, 0.1) is 6.92 Å². The molecule has 0 radical (unpaired) electrons. The zero-order valence-corrected chi connectivity index (χ0v) is 20.1. The number of carbonyl (C=O) groups excluding carboxylic acids is 3. The molecule has 7 heteroatoms. The number of unbranched alkanes of at least 4 members (excludes halogenated alkanes) is 6. The number of aliphatic carboxylic acids is 3. The molecule has 0 unspecified atom stereocenters. The number of carboxylic acid groups (broad SMARTS) is 3. The molecule has 158 valence electrons. The van der Waals surface area contributed by atoms with E-state index in [4.69, 9.17) is 0 Å². The van der Waals surface area contributed by atoms with Gasteiger partial charge < -0.3 is 36.6 Å². The maximum absolute atomic E-state index is 9.76. The van der Waals surface area contributed by atoms with Crippen molar-refractivity contribution in [2.24, 2.45) is 0 Å². The van der Waals surface area contributed by atoms with Crippen LogP contribution in [0.4, 0.5) is 0 Å². The largest absolute Gasteiger partial charge is 4.00 e. The summed E-state index contributed by atoms with van der Waals surface area (Å²) in [7, 11) is 0. The van der Waals surface area contributed by atoms with Crippen LogP contribution < -0.4 is 15.3 Å².